The molecule has 4 heteroatoms. The average molecular weight is 236 g/mol. The van der Waals surface area contributed by atoms with Crippen molar-refractivity contribution in [3.8, 4) is 0 Å². The molecule has 0 N–H and O–H groups in total. The Hall–Kier alpha value is -0.390. The Morgan fingerprint density at radius 1 is 1.89 bits per heavy atom. The molecule has 3 nitrogen and oxygen atoms in total. The maximum Gasteiger partial charge on any atom is 0.240 e. The SMILES string of the molecule is Cn1cncc1C(=O)I. The molecule has 1 aromatic heterocycles. The molecule has 1 aromatic rings. The maximum absolute atomic E-state index is 10.7. The highest BCUT2D eigenvalue weighted by atomic mass is 127. The van der Waals surface area contributed by atoms with Crippen LogP contribution in [-0.4, -0.2) is 13.3 Å². The van der Waals surface area contributed by atoms with Crippen LogP contribution in [0.15, 0.2) is 12.5 Å². The van der Waals surface area contributed by atoms with Gasteiger partial charge < -0.3 is 4.57 Å². The molecule has 0 aliphatic heterocycles. The number of hydrogen-bond acceptors (Lipinski definition) is 2. The van der Waals surface area contributed by atoms with Gasteiger partial charge in [0.15, 0.2) is 0 Å². The summed E-state index contributed by atoms with van der Waals surface area (Å²) in [6.07, 6.45) is 3.15. The topological polar surface area (TPSA) is 34.9 Å². The van der Waals surface area contributed by atoms with Crippen LogP contribution in [0.25, 0.3) is 0 Å². The van der Waals surface area contributed by atoms with Gasteiger partial charge in [-0.3, -0.25) is 4.79 Å². The monoisotopic (exact) mass is 236 g/mol. The molecule has 0 saturated carbocycles. The third-order valence-electron chi connectivity index (χ3n) is 1.02. The van der Waals surface area contributed by atoms with E-state index in [1.807, 2.05) is 0 Å². The largest absolute Gasteiger partial charge is 0.331 e. The molecule has 0 atom stereocenters. The van der Waals surface area contributed by atoms with E-state index < -0.39 is 0 Å². The number of carbonyl (C=O) groups excluding carboxylic acids is 1. The van der Waals surface area contributed by atoms with Gasteiger partial charge in [0, 0.05) is 29.6 Å². The number of halogens is 1. The summed E-state index contributed by atoms with van der Waals surface area (Å²) in [5, 5.41) is 0. The Morgan fingerprint density at radius 2 is 2.56 bits per heavy atom. The molecular formula is C5H5IN2O. The van der Waals surface area contributed by atoms with Gasteiger partial charge in [0.05, 0.1) is 12.5 Å². The first-order valence-electron chi connectivity index (χ1n) is 2.38. The maximum atomic E-state index is 10.7. The van der Waals surface area contributed by atoms with Crippen molar-refractivity contribution in [1.29, 1.82) is 0 Å². The second kappa shape index (κ2) is 2.47. The zero-order valence-corrected chi connectivity index (χ0v) is 6.99. The van der Waals surface area contributed by atoms with Gasteiger partial charge in [-0.2, -0.15) is 0 Å². The summed E-state index contributed by atoms with van der Waals surface area (Å²) in [7, 11) is 1.79. The van der Waals surface area contributed by atoms with Gasteiger partial charge in [0.2, 0.25) is 3.79 Å². The fourth-order valence-corrected chi connectivity index (χ4v) is 1.07. The predicted molar refractivity (Wildman–Crippen MR) is 41.6 cm³/mol. The molecule has 0 bridgehead atoms. The highest BCUT2D eigenvalue weighted by molar-refractivity contribution is 14.1. The second-order valence-electron chi connectivity index (χ2n) is 1.66. The minimum atomic E-state index is 0.0209. The summed E-state index contributed by atoms with van der Waals surface area (Å²) in [4.78, 5) is 14.4. The van der Waals surface area contributed by atoms with Crippen LogP contribution < -0.4 is 0 Å². The van der Waals surface area contributed by atoms with Crippen LogP contribution in [0.4, 0.5) is 0 Å². The van der Waals surface area contributed by atoms with Gasteiger partial charge in [-0.1, -0.05) is 0 Å². The fourth-order valence-electron chi connectivity index (χ4n) is 0.547. The first-order valence-corrected chi connectivity index (χ1v) is 3.46. The summed E-state index contributed by atoms with van der Waals surface area (Å²) in [6.45, 7) is 0. The standard InChI is InChI=1S/C5H5IN2O/c1-8-3-7-2-4(8)5(6)9/h2-3H,1H3. The van der Waals surface area contributed by atoms with Crippen molar-refractivity contribution in [3.63, 3.8) is 0 Å². The number of aryl methyl sites for hydroxylation is 1. The van der Waals surface area contributed by atoms with Crippen molar-refractivity contribution in [1.82, 2.24) is 9.55 Å². The van der Waals surface area contributed by atoms with E-state index in [1.54, 1.807) is 46.7 Å². The summed E-state index contributed by atoms with van der Waals surface area (Å²) in [5.41, 5.74) is 0.635. The molecule has 0 unspecified atom stereocenters. The smallest absolute Gasteiger partial charge is 0.240 e. The van der Waals surface area contributed by atoms with E-state index >= 15 is 0 Å². The van der Waals surface area contributed by atoms with Crippen LogP contribution in [0.2, 0.25) is 0 Å². The van der Waals surface area contributed by atoms with Gasteiger partial charge in [-0.15, -0.1) is 0 Å². The van der Waals surface area contributed by atoms with Gasteiger partial charge in [0.25, 0.3) is 0 Å². The van der Waals surface area contributed by atoms with E-state index in [0.29, 0.717) is 5.69 Å². The molecule has 9 heavy (non-hydrogen) atoms. The summed E-state index contributed by atoms with van der Waals surface area (Å²) < 4.78 is 1.71. The lowest BCUT2D eigenvalue weighted by molar-refractivity contribution is 0.109. The Balaban J connectivity index is 3.08. The van der Waals surface area contributed by atoms with Crippen LogP contribution in [0.5, 0.6) is 0 Å². The van der Waals surface area contributed by atoms with Gasteiger partial charge in [-0.25, -0.2) is 4.98 Å². The van der Waals surface area contributed by atoms with E-state index in [0.717, 1.165) is 0 Å². The number of carbonyl (C=O) groups is 1. The summed E-state index contributed by atoms with van der Waals surface area (Å²) in [5.74, 6) is 0. The Labute approximate surface area is 66.2 Å². The highest BCUT2D eigenvalue weighted by Crippen LogP contribution is 2.02. The first kappa shape index (κ1) is 6.73. The summed E-state index contributed by atoms with van der Waals surface area (Å²) in [6, 6.07) is 0. The molecule has 0 amide bonds. The molecule has 1 rings (SSSR count). The molecule has 0 aromatic carbocycles. The minimum Gasteiger partial charge on any atom is -0.331 e. The number of imidazole rings is 1. The van der Waals surface area contributed by atoms with Gasteiger partial charge >= 0.3 is 0 Å². The predicted octanol–water partition coefficient (Wildman–Crippen LogP) is 0.995. The van der Waals surface area contributed by atoms with Crippen molar-refractivity contribution in [2.75, 3.05) is 0 Å². The molecular weight excluding hydrogens is 231 g/mol. The van der Waals surface area contributed by atoms with Crippen LogP contribution in [-0.2, 0) is 7.05 Å². The van der Waals surface area contributed by atoms with E-state index in [1.165, 1.54) is 0 Å². The van der Waals surface area contributed by atoms with Crippen molar-refractivity contribution < 1.29 is 4.79 Å². The average Bonchev–Trinajstić information content (AvgIpc) is 2.13. The highest BCUT2D eigenvalue weighted by Gasteiger charge is 2.02. The quantitative estimate of drug-likeness (QED) is 0.538. The molecule has 0 spiro atoms. The van der Waals surface area contributed by atoms with Gasteiger partial charge in [0.1, 0.15) is 5.69 Å². The van der Waals surface area contributed by atoms with Crippen LogP contribution in [0.3, 0.4) is 0 Å². The normalized spacial score (nSPS) is 9.56. The molecule has 0 fully saturated rings. The number of hydrogen-bond donors (Lipinski definition) is 0. The third kappa shape index (κ3) is 1.29. The minimum absolute atomic E-state index is 0.0209. The number of nitrogens with zero attached hydrogens (tertiary/aromatic N) is 2. The van der Waals surface area contributed by atoms with Crippen molar-refractivity contribution >= 4 is 26.4 Å². The third-order valence-corrected chi connectivity index (χ3v) is 1.57. The summed E-state index contributed by atoms with van der Waals surface area (Å²) >= 11 is 1.73. The van der Waals surface area contributed by atoms with E-state index in [-0.39, 0.29) is 3.79 Å². The second-order valence-corrected chi connectivity index (χ2v) is 2.64. The zero-order chi connectivity index (χ0) is 6.85. The van der Waals surface area contributed by atoms with Crippen LogP contribution in [0, 0.1) is 0 Å². The molecule has 0 aliphatic rings. The zero-order valence-electron chi connectivity index (χ0n) is 4.84. The molecule has 1 heterocycles. The number of rotatable bonds is 1. The molecule has 0 saturated heterocycles. The van der Waals surface area contributed by atoms with E-state index in [4.69, 9.17) is 0 Å². The molecule has 48 valence electrons. The van der Waals surface area contributed by atoms with Gasteiger partial charge in [-0.05, 0) is 0 Å². The van der Waals surface area contributed by atoms with E-state index in [9.17, 15) is 4.79 Å². The van der Waals surface area contributed by atoms with Crippen LogP contribution in [0.1, 0.15) is 10.5 Å². The van der Waals surface area contributed by atoms with Crippen LogP contribution >= 0.6 is 22.6 Å². The Bertz CT molecular complexity index is 231. The van der Waals surface area contributed by atoms with Crippen molar-refractivity contribution in [2.24, 2.45) is 7.05 Å². The Morgan fingerprint density at radius 3 is 2.78 bits per heavy atom. The molecule has 0 aliphatic carbocycles. The van der Waals surface area contributed by atoms with Crippen molar-refractivity contribution in [3.05, 3.63) is 18.2 Å². The number of aromatic nitrogens is 2. The lowest BCUT2D eigenvalue weighted by Gasteiger charge is -1.91. The lowest BCUT2D eigenvalue weighted by atomic mass is 10.5. The Kier molecular flexibility index (Phi) is 1.84. The first-order chi connectivity index (χ1) is 4.22. The fraction of sp³-hybridized carbons (Fsp3) is 0.200. The molecule has 0 radical (unpaired) electrons. The van der Waals surface area contributed by atoms with Crippen molar-refractivity contribution in [2.45, 2.75) is 0 Å². The lowest BCUT2D eigenvalue weighted by Crippen LogP contribution is -1.96. The van der Waals surface area contributed by atoms with E-state index in [2.05, 4.69) is 4.98 Å².